The first-order valence-corrected chi connectivity index (χ1v) is 17.0. The monoisotopic (exact) mass is 690 g/mol. The number of aliphatic carboxylic acids is 1. The summed E-state index contributed by atoms with van der Waals surface area (Å²) in [7, 11) is -4.32. The SMILES string of the molecule is CC(C)C[C@@H](C(=O)N1CCC[C@H]1C(=O)O)N(CCOC(=O)c1cccc(S(=O)(=O)NC(=O)C(C)(C)C)c1)C(=O)CCN1C(=O)C=CC1=O. The second-order valence-corrected chi connectivity index (χ2v) is 14.7. The molecule has 1 aromatic rings. The number of rotatable bonds is 14. The van der Waals surface area contributed by atoms with Crippen molar-refractivity contribution in [2.24, 2.45) is 11.3 Å². The second-order valence-electron chi connectivity index (χ2n) is 13.0. The number of benzene rings is 1. The lowest BCUT2D eigenvalue weighted by molar-refractivity contribution is -0.153. The molecule has 2 atom stereocenters. The highest BCUT2D eigenvalue weighted by molar-refractivity contribution is 7.90. The Kier molecular flexibility index (Phi) is 12.2. The largest absolute Gasteiger partial charge is 0.480 e. The molecule has 2 aliphatic heterocycles. The molecule has 0 bridgehead atoms. The number of sulfonamides is 1. The van der Waals surface area contributed by atoms with Crippen molar-refractivity contribution in [2.75, 3.05) is 26.2 Å². The second kappa shape index (κ2) is 15.5. The predicted octanol–water partition coefficient (Wildman–Crippen LogP) is 1.33. The summed E-state index contributed by atoms with van der Waals surface area (Å²) in [4.78, 5) is 91.7. The van der Waals surface area contributed by atoms with Gasteiger partial charge in [0.2, 0.25) is 17.7 Å². The lowest BCUT2D eigenvalue weighted by Crippen LogP contribution is -2.55. The third-order valence-electron chi connectivity index (χ3n) is 7.80. The van der Waals surface area contributed by atoms with E-state index in [1.165, 1.54) is 48.8 Å². The first kappa shape index (κ1) is 37.9. The molecule has 0 spiro atoms. The first-order chi connectivity index (χ1) is 22.3. The summed E-state index contributed by atoms with van der Waals surface area (Å²) in [6.07, 6.45) is 2.66. The predicted molar refractivity (Wildman–Crippen MR) is 169 cm³/mol. The van der Waals surface area contributed by atoms with Crippen LogP contribution in [0.5, 0.6) is 0 Å². The van der Waals surface area contributed by atoms with E-state index in [9.17, 15) is 47.1 Å². The molecule has 15 nitrogen and oxygen atoms in total. The number of carboxylic acids is 1. The maximum atomic E-state index is 13.8. The van der Waals surface area contributed by atoms with Crippen LogP contribution in [0.4, 0.5) is 0 Å². The Morgan fingerprint density at radius 1 is 1.08 bits per heavy atom. The Bertz CT molecular complexity index is 1580. The molecule has 1 aromatic carbocycles. The molecule has 3 rings (SSSR count). The molecule has 2 N–H and O–H groups in total. The number of imide groups is 1. The van der Waals surface area contributed by atoms with Crippen molar-refractivity contribution in [3.8, 4) is 0 Å². The van der Waals surface area contributed by atoms with Gasteiger partial charge in [-0.15, -0.1) is 0 Å². The van der Waals surface area contributed by atoms with E-state index < -0.39 is 75.6 Å². The van der Waals surface area contributed by atoms with Crippen LogP contribution in [0, 0.1) is 11.3 Å². The lowest BCUT2D eigenvalue weighted by atomic mass is 9.96. The molecule has 2 heterocycles. The average Bonchev–Trinajstić information content (AvgIpc) is 3.62. The number of ether oxygens (including phenoxy) is 1. The van der Waals surface area contributed by atoms with E-state index in [0.717, 1.165) is 23.1 Å². The number of carbonyl (C=O) groups is 7. The van der Waals surface area contributed by atoms with E-state index in [4.69, 9.17) is 4.74 Å². The zero-order valence-electron chi connectivity index (χ0n) is 27.6. The van der Waals surface area contributed by atoms with Crippen LogP contribution in [0.15, 0.2) is 41.3 Å². The van der Waals surface area contributed by atoms with Gasteiger partial charge in [-0.05, 0) is 43.4 Å². The standard InChI is InChI=1S/C32H42N4O11S/c1-20(2)18-24(28(40)35-14-7-10-23(35)29(41)42)34(27(39)13-15-36-25(37)11-12-26(36)38)16-17-47-30(43)21-8-6-9-22(19-21)48(45,46)33-31(44)32(3,4)5/h6,8-9,11-12,19-20,23-24H,7,10,13-18H2,1-5H3,(H,33,44)(H,41,42)/t23-,24-/m0/s1. The zero-order chi connectivity index (χ0) is 36.0. The van der Waals surface area contributed by atoms with Crippen molar-refractivity contribution in [3.63, 3.8) is 0 Å². The van der Waals surface area contributed by atoms with Crippen LogP contribution in [0.1, 0.15) is 70.7 Å². The van der Waals surface area contributed by atoms with E-state index in [-0.39, 0.29) is 55.3 Å². The van der Waals surface area contributed by atoms with E-state index in [2.05, 4.69) is 0 Å². The van der Waals surface area contributed by atoms with Crippen LogP contribution in [-0.2, 0) is 43.5 Å². The van der Waals surface area contributed by atoms with Gasteiger partial charge >= 0.3 is 11.9 Å². The number of carbonyl (C=O) groups excluding carboxylic acids is 6. The Morgan fingerprint density at radius 3 is 2.31 bits per heavy atom. The van der Waals surface area contributed by atoms with Gasteiger partial charge in [-0.25, -0.2) is 22.7 Å². The fourth-order valence-electron chi connectivity index (χ4n) is 5.19. The topological polar surface area (TPSA) is 205 Å². The van der Waals surface area contributed by atoms with Gasteiger partial charge in [-0.3, -0.25) is 28.9 Å². The molecule has 16 heteroatoms. The van der Waals surface area contributed by atoms with Crippen molar-refractivity contribution >= 4 is 51.5 Å². The van der Waals surface area contributed by atoms with Gasteiger partial charge in [0.15, 0.2) is 0 Å². The first-order valence-electron chi connectivity index (χ1n) is 15.5. The van der Waals surface area contributed by atoms with E-state index in [1.807, 2.05) is 18.6 Å². The molecule has 0 unspecified atom stereocenters. The molecule has 48 heavy (non-hydrogen) atoms. The Morgan fingerprint density at radius 2 is 1.73 bits per heavy atom. The minimum absolute atomic E-state index is 0.128. The van der Waals surface area contributed by atoms with Gasteiger partial charge in [0.05, 0.1) is 17.0 Å². The van der Waals surface area contributed by atoms with Crippen molar-refractivity contribution < 1.29 is 51.8 Å². The fraction of sp³-hybridized carbons (Fsp3) is 0.531. The zero-order valence-corrected chi connectivity index (χ0v) is 28.4. The molecule has 0 saturated carbocycles. The number of nitrogens with zero attached hydrogens (tertiary/aromatic N) is 3. The van der Waals surface area contributed by atoms with Crippen molar-refractivity contribution in [2.45, 2.75) is 77.3 Å². The molecule has 2 aliphatic rings. The third kappa shape index (κ3) is 9.49. The van der Waals surface area contributed by atoms with Crippen LogP contribution >= 0.6 is 0 Å². The van der Waals surface area contributed by atoms with E-state index in [0.29, 0.717) is 6.42 Å². The molecule has 1 saturated heterocycles. The van der Waals surface area contributed by atoms with Crippen LogP contribution in [0.3, 0.4) is 0 Å². The number of likely N-dealkylation sites (tertiary alicyclic amines) is 1. The smallest absolute Gasteiger partial charge is 0.338 e. The summed E-state index contributed by atoms with van der Waals surface area (Å²) >= 11 is 0. The Labute approximate surface area is 279 Å². The summed E-state index contributed by atoms with van der Waals surface area (Å²) < 4.78 is 32.9. The van der Waals surface area contributed by atoms with Crippen molar-refractivity contribution in [1.29, 1.82) is 0 Å². The Hall–Kier alpha value is -4.60. The fourth-order valence-corrected chi connectivity index (χ4v) is 6.40. The minimum atomic E-state index is -4.32. The molecule has 262 valence electrons. The summed E-state index contributed by atoms with van der Waals surface area (Å²) in [6.45, 7) is 7.43. The van der Waals surface area contributed by atoms with E-state index in [1.54, 1.807) is 0 Å². The maximum Gasteiger partial charge on any atom is 0.338 e. The van der Waals surface area contributed by atoms with Gasteiger partial charge in [-0.2, -0.15) is 0 Å². The van der Waals surface area contributed by atoms with Gasteiger partial charge in [0.25, 0.3) is 21.8 Å². The van der Waals surface area contributed by atoms with Crippen molar-refractivity contribution in [1.82, 2.24) is 19.4 Å². The van der Waals surface area contributed by atoms with Gasteiger partial charge in [-0.1, -0.05) is 40.7 Å². The number of carboxylic acid groups (broad SMARTS) is 1. The molecule has 0 aromatic heterocycles. The van der Waals surface area contributed by atoms with Crippen LogP contribution in [0.2, 0.25) is 0 Å². The number of esters is 1. The maximum absolute atomic E-state index is 13.8. The van der Waals surface area contributed by atoms with Crippen LogP contribution in [-0.4, -0.2) is 108 Å². The molecular formula is C32H42N4O11S. The van der Waals surface area contributed by atoms with Crippen LogP contribution in [0.25, 0.3) is 0 Å². The highest BCUT2D eigenvalue weighted by atomic mass is 32.2. The number of hydrogen-bond acceptors (Lipinski definition) is 10. The number of nitrogens with one attached hydrogen (secondary N) is 1. The van der Waals surface area contributed by atoms with Crippen LogP contribution < -0.4 is 4.72 Å². The van der Waals surface area contributed by atoms with Gasteiger partial charge in [0, 0.05) is 37.1 Å². The normalized spacial score (nSPS) is 17.1. The van der Waals surface area contributed by atoms with E-state index >= 15 is 0 Å². The molecule has 5 amide bonds. The summed E-state index contributed by atoms with van der Waals surface area (Å²) in [5.74, 6) is -5.39. The Balaban J connectivity index is 1.82. The summed E-state index contributed by atoms with van der Waals surface area (Å²) in [5, 5.41) is 9.69. The number of amides is 5. The molecule has 0 aliphatic carbocycles. The minimum Gasteiger partial charge on any atom is -0.480 e. The molecule has 0 radical (unpaired) electrons. The number of hydrogen-bond donors (Lipinski definition) is 2. The van der Waals surface area contributed by atoms with Gasteiger partial charge < -0.3 is 19.6 Å². The summed E-state index contributed by atoms with van der Waals surface area (Å²) in [6, 6.07) is 2.63. The highest BCUT2D eigenvalue weighted by Crippen LogP contribution is 2.24. The lowest BCUT2D eigenvalue weighted by Gasteiger charge is -2.36. The quantitative estimate of drug-likeness (QED) is 0.210. The highest BCUT2D eigenvalue weighted by Gasteiger charge is 2.41. The molecule has 1 fully saturated rings. The molecular weight excluding hydrogens is 648 g/mol. The van der Waals surface area contributed by atoms with Gasteiger partial charge in [0.1, 0.15) is 18.7 Å². The third-order valence-corrected chi connectivity index (χ3v) is 9.13. The average molecular weight is 691 g/mol. The van der Waals surface area contributed by atoms with Crippen molar-refractivity contribution in [3.05, 3.63) is 42.0 Å². The summed E-state index contributed by atoms with van der Waals surface area (Å²) in [5.41, 5.74) is -1.16.